The Morgan fingerprint density at radius 3 is 2.71 bits per heavy atom. The van der Waals surface area contributed by atoms with Crippen LogP contribution in [-0.2, 0) is 11.2 Å². The Labute approximate surface area is 208 Å². The average molecular weight is 501 g/mol. The molecule has 35 heavy (non-hydrogen) atoms. The highest BCUT2D eigenvalue weighted by Gasteiger charge is 2.32. The lowest BCUT2D eigenvalue weighted by Crippen LogP contribution is -2.38. The third-order valence-electron chi connectivity index (χ3n) is 6.23. The fourth-order valence-corrected chi connectivity index (χ4v) is 6.52. The van der Waals surface area contributed by atoms with Crippen molar-refractivity contribution in [2.45, 2.75) is 18.9 Å². The van der Waals surface area contributed by atoms with E-state index in [0.29, 0.717) is 15.1 Å². The van der Waals surface area contributed by atoms with E-state index < -0.39 is 12.6 Å². The number of allylic oxidation sites excluding steroid dienone is 1. The maximum atomic E-state index is 13.7. The predicted octanol–water partition coefficient (Wildman–Crippen LogP) is 3.84. The van der Waals surface area contributed by atoms with Gasteiger partial charge in [0.1, 0.15) is 5.75 Å². The van der Waals surface area contributed by atoms with E-state index in [1.807, 2.05) is 34.9 Å². The molecule has 1 atom stereocenters. The number of thiazole rings is 1. The number of aliphatic carboxylic acids is 1. The van der Waals surface area contributed by atoms with Crippen molar-refractivity contribution in [2.24, 2.45) is 4.99 Å². The van der Waals surface area contributed by atoms with Crippen molar-refractivity contribution in [3.63, 3.8) is 0 Å². The Bertz CT molecular complexity index is 1640. The summed E-state index contributed by atoms with van der Waals surface area (Å²) in [6.07, 6.45) is 3.67. The van der Waals surface area contributed by atoms with Gasteiger partial charge < -0.3 is 9.84 Å². The Kier molecular flexibility index (Phi) is 5.47. The van der Waals surface area contributed by atoms with Gasteiger partial charge in [-0.1, -0.05) is 53.8 Å². The average Bonchev–Trinajstić information content (AvgIpc) is 3.51. The lowest BCUT2D eigenvalue weighted by Gasteiger charge is -2.30. The molecule has 8 heteroatoms. The number of aromatic nitrogens is 1. The van der Waals surface area contributed by atoms with Crippen LogP contribution in [-0.4, -0.2) is 22.2 Å². The fourth-order valence-electron chi connectivity index (χ4n) is 4.67. The van der Waals surface area contributed by atoms with Crippen molar-refractivity contribution in [1.29, 1.82) is 0 Å². The summed E-state index contributed by atoms with van der Waals surface area (Å²) in [5, 5.41) is 10.8. The van der Waals surface area contributed by atoms with Crippen molar-refractivity contribution < 1.29 is 14.6 Å². The molecule has 0 radical (unpaired) electrons. The molecule has 1 aliphatic heterocycles. The first-order valence-corrected chi connectivity index (χ1v) is 12.9. The minimum atomic E-state index is -1.03. The second-order valence-corrected chi connectivity index (χ2v) is 10.4. The lowest BCUT2D eigenvalue weighted by molar-refractivity contribution is -0.139. The number of carboxylic acids is 1. The number of thiophene rings is 1. The zero-order chi connectivity index (χ0) is 23.9. The van der Waals surface area contributed by atoms with E-state index in [0.717, 1.165) is 34.5 Å². The van der Waals surface area contributed by atoms with E-state index in [2.05, 4.69) is 29.6 Å². The molecule has 4 aromatic rings. The lowest BCUT2D eigenvalue weighted by atomic mass is 9.85. The highest BCUT2D eigenvalue weighted by Crippen LogP contribution is 2.42. The molecule has 3 heterocycles. The molecule has 0 unspecified atom stereocenters. The van der Waals surface area contributed by atoms with Crippen molar-refractivity contribution in [1.82, 2.24) is 4.57 Å². The molecule has 0 amide bonds. The van der Waals surface area contributed by atoms with E-state index >= 15 is 0 Å². The Morgan fingerprint density at radius 1 is 1.11 bits per heavy atom. The fraction of sp³-hybridized carbons (Fsp3) is 0.148. The Morgan fingerprint density at radius 2 is 1.94 bits per heavy atom. The summed E-state index contributed by atoms with van der Waals surface area (Å²) in [5.74, 6) is -0.559. The van der Waals surface area contributed by atoms with Gasteiger partial charge in [-0.3, -0.25) is 9.36 Å². The first kappa shape index (κ1) is 21.8. The monoisotopic (exact) mass is 500 g/mol. The van der Waals surface area contributed by atoms with Gasteiger partial charge in [0.2, 0.25) is 0 Å². The quantitative estimate of drug-likeness (QED) is 0.452. The van der Waals surface area contributed by atoms with Crippen molar-refractivity contribution in [2.75, 3.05) is 6.61 Å². The summed E-state index contributed by atoms with van der Waals surface area (Å²) in [7, 11) is 0. The minimum absolute atomic E-state index is 0.0521. The number of carboxylic acid groups (broad SMARTS) is 1. The number of rotatable bonds is 5. The predicted molar refractivity (Wildman–Crippen MR) is 137 cm³/mol. The molecule has 2 aliphatic rings. The largest absolute Gasteiger partial charge is 0.482 e. The maximum Gasteiger partial charge on any atom is 0.341 e. The van der Waals surface area contributed by atoms with E-state index in [-0.39, 0.29) is 11.6 Å². The third kappa shape index (κ3) is 3.94. The maximum absolute atomic E-state index is 13.7. The second-order valence-electron chi connectivity index (χ2n) is 8.38. The van der Waals surface area contributed by atoms with Crippen molar-refractivity contribution >= 4 is 40.4 Å². The molecule has 174 valence electrons. The second kappa shape index (κ2) is 8.79. The molecule has 1 N–H and O–H groups in total. The van der Waals surface area contributed by atoms with Gasteiger partial charge in [0.25, 0.3) is 5.56 Å². The molecule has 0 saturated carbocycles. The van der Waals surface area contributed by atoms with Crippen LogP contribution < -0.4 is 19.6 Å². The third-order valence-corrected chi connectivity index (χ3v) is 8.13. The number of nitrogens with zero attached hydrogens (tertiary/aromatic N) is 2. The SMILES string of the molecule is O=C(O)COc1ccc(/C=c2\sc3n(c2=O)[C@@H](c2cccs2)C2=C(N=3)c3ccccc3CC2)cc1. The van der Waals surface area contributed by atoms with Crippen molar-refractivity contribution in [3.8, 4) is 5.75 Å². The highest BCUT2D eigenvalue weighted by atomic mass is 32.1. The normalized spacial score (nSPS) is 16.8. The van der Waals surface area contributed by atoms with Gasteiger partial charge in [-0.25, -0.2) is 9.79 Å². The van der Waals surface area contributed by atoms with Crippen LogP contribution in [0.25, 0.3) is 11.8 Å². The molecular weight excluding hydrogens is 480 g/mol. The topological polar surface area (TPSA) is 80.9 Å². The molecule has 6 rings (SSSR count). The molecule has 6 nitrogen and oxygen atoms in total. The standard InChI is InChI=1S/C27H20N2O4S2/c30-23(31)15-33-18-10-7-16(8-11-18)14-22-26(32)29-25(21-6-3-13-34-21)20-12-9-17-4-1-2-5-19(17)24(20)28-27(29)35-22/h1-8,10-11,13-14,25H,9,12,15H2,(H,30,31)/b22-14-/t25-/m1/s1. The van der Waals surface area contributed by atoms with Gasteiger partial charge in [-0.2, -0.15) is 0 Å². The van der Waals surface area contributed by atoms with E-state index in [9.17, 15) is 9.59 Å². The summed E-state index contributed by atoms with van der Waals surface area (Å²) in [6, 6.07) is 19.4. The zero-order valence-corrected chi connectivity index (χ0v) is 20.1. The van der Waals surface area contributed by atoms with E-state index in [1.165, 1.54) is 22.5 Å². The van der Waals surface area contributed by atoms with Crippen molar-refractivity contribution in [3.05, 3.63) is 113 Å². The summed E-state index contributed by atoms with van der Waals surface area (Å²) >= 11 is 3.06. The summed E-state index contributed by atoms with van der Waals surface area (Å²) in [5.41, 5.74) is 5.43. The minimum Gasteiger partial charge on any atom is -0.482 e. The number of ether oxygens (including phenoxy) is 1. The number of aryl methyl sites for hydroxylation is 1. The van der Waals surface area contributed by atoms with Gasteiger partial charge in [0.05, 0.1) is 16.3 Å². The number of hydrogen-bond donors (Lipinski definition) is 1. The number of hydrogen-bond acceptors (Lipinski definition) is 6. The van der Waals surface area contributed by atoms with Crippen LogP contribution in [0.1, 0.15) is 34.0 Å². The van der Waals surface area contributed by atoms with Gasteiger partial charge in [0.15, 0.2) is 11.4 Å². The molecule has 0 bridgehead atoms. The number of carbonyl (C=O) groups is 1. The first-order valence-electron chi connectivity index (χ1n) is 11.2. The number of benzene rings is 2. The van der Waals surface area contributed by atoms with Crippen LogP contribution in [0.15, 0.2) is 81.4 Å². The molecule has 2 aromatic heterocycles. The van der Waals surface area contributed by atoms with Gasteiger partial charge >= 0.3 is 5.97 Å². The van der Waals surface area contributed by atoms with E-state index in [4.69, 9.17) is 14.8 Å². The summed E-state index contributed by atoms with van der Waals surface area (Å²) in [4.78, 5) is 31.2. The van der Waals surface area contributed by atoms with Crippen LogP contribution in [0.4, 0.5) is 0 Å². The zero-order valence-electron chi connectivity index (χ0n) is 18.5. The van der Waals surface area contributed by atoms with Crippen LogP contribution in [0.5, 0.6) is 5.75 Å². The van der Waals surface area contributed by atoms with Crippen LogP contribution in [0, 0.1) is 0 Å². The smallest absolute Gasteiger partial charge is 0.341 e. The Hall–Kier alpha value is -3.75. The van der Waals surface area contributed by atoms with E-state index in [1.54, 1.807) is 23.5 Å². The molecule has 2 aromatic carbocycles. The molecule has 0 saturated heterocycles. The molecule has 0 spiro atoms. The number of fused-ring (bicyclic) bond motifs is 3. The van der Waals surface area contributed by atoms with Crippen LogP contribution >= 0.6 is 22.7 Å². The van der Waals surface area contributed by atoms with Gasteiger partial charge in [-0.15, -0.1) is 11.3 Å². The molecular formula is C27H20N2O4S2. The molecule has 0 fully saturated rings. The summed E-state index contributed by atoms with van der Waals surface area (Å²) in [6.45, 7) is -0.394. The van der Waals surface area contributed by atoms with Crippen LogP contribution in [0.2, 0.25) is 0 Å². The first-order chi connectivity index (χ1) is 17.1. The highest BCUT2D eigenvalue weighted by molar-refractivity contribution is 7.10. The molecule has 1 aliphatic carbocycles. The van der Waals surface area contributed by atoms with Gasteiger partial charge in [-0.05, 0) is 59.2 Å². The summed E-state index contributed by atoms with van der Waals surface area (Å²) < 4.78 is 7.66. The Balaban J connectivity index is 1.47. The van der Waals surface area contributed by atoms with Gasteiger partial charge in [0, 0.05) is 10.4 Å². The van der Waals surface area contributed by atoms with Crippen LogP contribution in [0.3, 0.4) is 0 Å².